The minimum absolute atomic E-state index is 0.0499. The summed E-state index contributed by atoms with van der Waals surface area (Å²) in [5.74, 6) is -0.457. The van der Waals surface area contributed by atoms with E-state index in [4.69, 9.17) is 0 Å². The molecule has 0 heterocycles. The van der Waals surface area contributed by atoms with Crippen LogP contribution in [-0.2, 0) is 9.59 Å². The number of nitrogens with one attached hydrogen (secondary N) is 2. The SMILES string of the molecule is CC(=O)Nc1cc(NC(=O)CCC(=O)c2ccc(C)c(C)c2)ccc1C. The van der Waals surface area contributed by atoms with Crippen LogP contribution in [0, 0.1) is 20.8 Å². The first-order valence-corrected chi connectivity index (χ1v) is 8.55. The summed E-state index contributed by atoms with van der Waals surface area (Å²) >= 11 is 0. The Labute approximate surface area is 153 Å². The third-order valence-electron chi connectivity index (χ3n) is 4.24. The van der Waals surface area contributed by atoms with Gasteiger partial charge < -0.3 is 10.6 Å². The lowest BCUT2D eigenvalue weighted by atomic mass is 10.0. The number of hydrogen-bond acceptors (Lipinski definition) is 3. The zero-order chi connectivity index (χ0) is 19.3. The number of anilines is 2. The Bertz CT molecular complexity index is 856. The second-order valence-electron chi connectivity index (χ2n) is 6.48. The first-order chi connectivity index (χ1) is 12.3. The monoisotopic (exact) mass is 352 g/mol. The standard InChI is InChI=1S/C21H24N2O3/c1-13-5-7-17(11-15(13)3)20(25)9-10-21(26)23-18-8-6-14(2)19(12-18)22-16(4)24/h5-8,11-12H,9-10H2,1-4H3,(H,22,24)(H,23,26). The van der Waals surface area contributed by atoms with Crippen LogP contribution in [0.5, 0.6) is 0 Å². The molecule has 0 spiro atoms. The van der Waals surface area contributed by atoms with Crippen LogP contribution in [0.1, 0.15) is 46.8 Å². The molecular weight excluding hydrogens is 328 g/mol. The molecule has 136 valence electrons. The molecule has 0 unspecified atom stereocenters. The third kappa shape index (κ3) is 5.28. The summed E-state index contributed by atoms with van der Waals surface area (Å²) in [7, 11) is 0. The van der Waals surface area contributed by atoms with Gasteiger partial charge in [0.15, 0.2) is 5.78 Å². The van der Waals surface area contributed by atoms with Crippen LogP contribution in [0.2, 0.25) is 0 Å². The molecule has 0 aliphatic rings. The Kier molecular flexibility index (Phi) is 6.28. The smallest absolute Gasteiger partial charge is 0.224 e. The quantitative estimate of drug-likeness (QED) is 0.766. The average Bonchev–Trinajstić information content (AvgIpc) is 2.57. The van der Waals surface area contributed by atoms with Gasteiger partial charge in [0.1, 0.15) is 0 Å². The summed E-state index contributed by atoms with van der Waals surface area (Å²) in [6.07, 6.45) is 0.258. The van der Waals surface area contributed by atoms with E-state index in [1.165, 1.54) is 6.92 Å². The highest BCUT2D eigenvalue weighted by molar-refractivity contribution is 6.00. The fourth-order valence-electron chi connectivity index (χ4n) is 2.53. The maximum Gasteiger partial charge on any atom is 0.224 e. The molecule has 0 radical (unpaired) electrons. The molecule has 2 aromatic rings. The highest BCUT2D eigenvalue weighted by Crippen LogP contribution is 2.20. The van der Waals surface area contributed by atoms with Crippen LogP contribution in [-0.4, -0.2) is 17.6 Å². The Morgan fingerprint density at radius 3 is 2.15 bits per heavy atom. The molecule has 0 aliphatic carbocycles. The third-order valence-corrected chi connectivity index (χ3v) is 4.24. The minimum Gasteiger partial charge on any atom is -0.326 e. The first kappa shape index (κ1) is 19.4. The van der Waals surface area contributed by atoms with Gasteiger partial charge in [-0.3, -0.25) is 14.4 Å². The lowest BCUT2D eigenvalue weighted by molar-refractivity contribution is -0.116. The number of aryl methyl sites for hydroxylation is 3. The molecule has 5 nitrogen and oxygen atoms in total. The van der Waals surface area contributed by atoms with Crippen molar-refractivity contribution >= 4 is 29.0 Å². The molecule has 5 heteroatoms. The maximum absolute atomic E-state index is 12.3. The molecule has 0 aromatic heterocycles. The molecule has 2 N–H and O–H groups in total. The molecule has 2 aromatic carbocycles. The number of Topliss-reactive ketones (excluding diaryl/α,β-unsaturated/α-hetero) is 1. The fraction of sp³-hybridized carbons (Fsp3) is 0.286. The second kappa shape index (κ2) is 8.43. The van der Waals surface area contributed by atoms with Gasteiger partial charge >= 0.3 is 0 Å². The van der Waals surface area contributed by atoms with Crippen molar-refractivity contribution in [3.63, 3.8) is 0 Å². The normalized spacial score (nSPS) is 10.3. The average molecular weight is 352 g/mol. The van der Waals surface area contributed by atoms with E-state index >= 15 is 0 Å². The first-order valence-electron chi connectivity index (χ1n) is 8.55. The van der Waals surface area contributed by atoms with E-state index in [1.807, 2.05) is 39.0 Å². The summed E-state index contributed by atoms with van der Waals surface area (Å²) in [6, 6.07) is 10.9. The molecule has 2 rings (SSSR count). The van der Waals surface area contributed by atoms with E-state index in [0.717, 1.165) is 16.7 Å². The summed E-state index contributed by atoms with van der Waals surface area (Å²) in [5, 5.41) is 5.49. The summed E-state index contributed by atoms with van der Waals surface area (Å²) in [6.45, 7) is 7.26. The number of benzene rings is 2. The largest absolute Gasteiger partial charge is 0.326 e. The van der Waals surface area contributed by atoms with Crippen LogP contribution in [0.15, 0.2) is 36.4 Å². The van der Waals surface area contributed by atoms with Crippen LogP contribution in [0.25, 0.3) is 0 Å². The fourth-order valence-corrected chi connectivity index (χ4v) is 2.53. The Morgan fingerprint density at radius 1 is 0.808 bits per heavy atom. The van der Waals surface area contributed by atoms with Crippen LogP contribution < -0.4 is 10.6 Å². The minimum atomic E-state index is -0.236. The number of hydrogen-bond donors (Lipinski definition) is 2. The Balaban J connectivity index is 1.95. The van der Waals surface area contributed by atoms with Crippen molar-refractivity contribution in [2.75, 3.05) is 10.6 Å². The van der Waals surface area contributed by atoms with Gasteiger partial charge in [0.2, 0.25) is 11.8 Å². The Hall–Kier alpha value is -2.95. The van der Waals surface area contributed by atoms with Crippen LogP contribution in [0.4, 0.5) is 11.4 Å². The van der Waals surface area contributed by atoms with E-state index in [9.17, 15) is 14.4 Å². The molecular formula is C21H24N2O3. The van der Waals surface area contributed by atoms with Crippen molar-refractivity contribution in [2.24, 2.45) is 0 Å². The van der Waals surface area contributed by atoms with Crippen molar-refractivity contribution in [1.82, 2.24) is 0 Å². The van der Waals surface area contributed by atoms with Gasteiger partial charge in [0.05, 0.1) is 0 Å². The van der Waals surface area contributed by atoms with Gasteiger partial charge in [-0.25, -0.2) is 0 Å². The number of carbonyl (C=O) groups is 3. The summed E-state index contributed by atoms with van der Waals surface area (Å²) in [5.41, 5.74) is 4.97. The van der Waals surface area contributed by atoms with E-state index in [2.05, 4.69) is 10.6 Å². The van der Waals surface area contributed by atoms with Gasteiger partial charge in [-0.2, -0.15) is 0 Å². The van der Waals surface area contributed by atoms with Crippen molar-refractivity contribution in [3.05, 3.63) is 58.7 Å². The number of amides is 2. The molecule has 0 fully saturated rings. The van der Waals surface area contributed by atoms with Gasteiger partial charge in [0, 0.05) is 36.7 Å². The molecule has 0 bridgehead atoms. The Morgan fingerprint density at radius 2 is 1.50 bits per heavy atom. The van der Waals surface area contributed by atoms with E-state index in [0.29, 0.717) is 16.9 Å². The molecule has 0 saturated heterocycles. The molecule has 26 heavy (non-hydrogen) atoms. The maximum atomic E-state index is 12.3. The number of carbonyl (C=O) groups excluding carboxylic acids is 3. The van der Waals surface area contributed by atoms with Crippen LogP contribution in [0.3, 0.4) is 0 Å². The van der Waals surface area contributed by atoms with E-state index in [-0.39, 0.29) is 30.4 Å². The lowest BCUT2D eigenvalue weighted by Crippen LogP contribution is -2.14. The molecule has 0 saturated carbocycles. The predicted octanol–water partition coefficient (Wildman–Crippen LogP) is 4.17. The summed E-state index contributed by atoms with van der Waals surface area (Å²) < 4.78 is 0. The van der Waals surface area contributed by atoms with Crippen molar-refractivity contribution in [1.29, 1.82) is 0 Å². The zero-order valence-electron chi connectivity index (χ0n) is 15.6. The highest BCUT2D eigenvalue weighted by atomic mass is 16.2. The van der Waals surface area contributed by atoms with Crippen molar-refractivity contribution in [3.8, 4) is 0 Å². The zero-order valence-corrected chi connectivity index (χ0v) is 15.6. The second-order valence-corrected chi connectivity index (χ2v) is 6.48. The van der Waals surface area contributed by atoms with Gasteiger partial charge in [-0.1, -0.05) is 18.2 Å². The van der Waals surface area contributed by atoms with Gasteiger partial charge in [0.25, 0.3) is 0 Å². The van der Waals surface area contributed by atoms with Crippen molar-refractivity contribution < 1.29 is 14.4 Å². The predicted molar refractivity (Wildman–Crippen MR) is 104 cm³/mol. The topological polar surface area (TPSA) is 75.3 Å². The van der Waals surface area contributed by atoms with E-state index in [1.54, 1.807) is 18.2 Å². The highest BCUT2D eigenvalue weighted by Gasteiger charge is 2.11. The summed E-state index contributed by atoms with van der Waals surface area (Å²) in [4.78, 5) is 35.6. The van der Waals surface area contributed by atoms with Gasteiger partial charge in [-0.15, -0.1) is 0 Å². The number of rotatable bonds is 6. The van der Waals surface area contributed by atoms with Crippen LogP contribution >= 0.6 is 0 Å². The van der Waals surface area contributed by atoms with E-state index < -0.39 is 0 Å². The van der Waals surface area contributed by atoms with Gasteiger partial charge in [-0.05, 0) is 55.7 Å². The molecule has 0 atom stereocenters. The lowest BCUT2D eigenvalue weighted by Gasteiger charge is -2.10. The molecule has 2 amide bonds. The van der Waals surface area contributed by atoms with Crippen molar-refractivity contribution in [2.45, 2.75) is 40.5 Å². The molecule has 0 aliphatic heterocycles. The number of ketones is 1.